The van der Waals surface area contributed by atoms with Crippen LogP contribution in [-0.2, 0) is 11.2 Å². The third kappa shape index (κ3) is 3.58. The molecule has 0 unspecified atom stereocenters. The second-order valence-corrected chi connectivity index (χ2v) is 4.99. The fourth-order valence-electron chi connectivity index (χ4n) is 2.02. The third-order valence-corrected chi connectivity index (χ3v) is 3.34. The fraction of sp³-hybridized carbons (Fsp3) is 0.188. The molecule has 0 bridgehead atoms. The highest BCUT2D eigenvalue weighted by atomic mass is 35.5. The van der Waals surface area contributed by atoms with Crippen LogP contribution < -0.4 is 0 Å². The highest BCUT2D eigenvalue weighted by molar-refractivity contribution is 6.30. The van der Waals surface area contributed by atoms with Crippen LogP contribution in [0.3, 0.4) is 0 Å². The van der Waals surface area contributed by atoms with Gasteiger partial charge in [0.2, 0.25) is 0 Å². The second kappa shape index (κ2) is 5.89. The van der Waals surface area contributed by atoms with Crippen molar-refractivity contribution in [3.8, 4) is 11.1 Å². The molecular formula is C16H15ClO2. The summed E-state index contributed by atoms with van der Waals surface area (Å²) in [7, 11) is 0. The van der Waals surface area contributed by atoms with Gasteiger partial charge in [-0.25, -0.2) is 0 Å². The van der Waals surface area contributed by atoms with Crippen molar-refractivity contribution in [2.45, 2.75) is 19.8 Å². The molecule has 0 aliphatic carbocycles. The van der Waals surface area contributed by atoms with Crippen LogP contribution in [0.5, 0.6) is 0 Å². The number of carboxylic acids is 1. The van der Waals surface area contributed by atoms with Crippen LogP contribution in [0.2, 0.25) is 5.02 Å². The lowest BCUT2D eigenvalue weighted by molar-refractivity contribution is -0.136. The van der Waals surface area contributed by atoms with Crippen molar-refractivity contribution in [2.75, 3.05) is 0 Å². The number of carbonyl (C=O) groups is 1. The lowest BCUT2D eigenvalue weighted by atomic mass is 9.96. The van der Waals surface area contributed by atoms with Crippen LogP contribution in [-0.4, -0.2) is 11.1 Å². The Morgan fingerprint density at radius 2 is 1.84 bits per heavy atom. The molecule has 0 amide bonds. The van der Waals surface area contributed by atoms with E-state index in [1.807, 2.05) is 43.3 Å². The summed E-state index contributed by atoms with van der Waals surface area (Å²) >= 11 is 5.89. The van der Waals surface area contributed by atoms with Gasteiger partial charge in [-0.1, -0.05) is 41.9 Å². The largest absolute Gasteiger partial charge is 0.481 e. The van der Waals surface area contributed by atoms with E-state index in [9.17, 15) is 4.79 Å². The minimum atomic E-state index is -0.770. The van der Waals surface area contributed by atoms with Gasteiger partial charge in [-0.05, 0) is 47.7 Å². The first-order valence-corrected chi connectivity index (χ1v) is 6.51. The van der Waals surface area contributed by atoms with E-state index in [1.54, 1.807) is 0 Å². The van der Waals surface area contributed by atoms with Gasteiger partial charge < -0.3 is 5.11 Å². The molecule has 2 aromatic carbocycles. The smallest absolute Gasteiger partial charge is 0.303 e. The summed E-state index contributed by atoms with van der Waals surface area (Å²) in [5.41, 5.74) is 4.43. The highest BCUT2D eigenvalue weighted by Crippen LogP contribution is 2.26. The van der Waals surface area contributed by atoms with Crippen LogP contribution in [0.25, 0.3) is 11.1 Å². The summed E-state index contributed by atoms with van der Waals surface area (Å²) in [4.78, 5) is 10.6. The van der Waals surface area contributed by atoms with Gasteiger partial charge >= 0.3 is 5.97 Å². The number of hydrogen-bond acceptors (Lipinski definition) is 1. The summed E-state index contributed by atoms with van der Waals surface area (Å²) in [6.07, 6.45) is 0.708. The molecule has 3 heteroatoms. The number of benzene rings is 2. The summed E-state index contributed by atoms with van der Waals surface area (Å²) in [6.45, 7) is 2.05. The van der Waals surface area contributed by atoms with Crippen molar-refractivity contribution in [2.24, 2.45) is 0 Å². The molecule has 0 atom stereocenters. The molecule has 2 nitrogen and oxygen atoms in total. The van der Waals surface area contributed by atoms with Gasteiger partial charge in [0.05, 0.1) is 0 Å². The van der Waals surface area contributed by atoms with Crippen molar-refractivity contribution in [1.82, 2.24) is 0 Å². The summed E-state index contributed by atoms with van der Waals surface area (Å²) in [6, 6.07) is 13.7. The number of halogens is 1. The topological polar surface area (TPSA) is 37.3 Å². The normalized spacial score (nSPS) is 10.4. The van der Waals surface area contributed by atoms with Crippen molar-refractivity contribution in [3.05, 3.63) is 58.6 Å². The molecule has 2 rings (SSSR count). The SMILES string of the molecule is Cc1ccc(CCC(=O)O)cc1-c1ccc(Cl)cc1. The molecule has 0 saturated carbocycles. The van der Waals surface area contributed by atoms with E-state index in [4.69, 9.17) is 16.7 Å². The van der Waals surface area contributed by atoms with Crippen LogP contribution in [0.4, 0.5) is 0 Å². The van der Waals surface area contributed by atoms with Crippen molar-refractivity contribution < 1.29 is 9.90 Å². The Hall–Kier alpha value is -1.80. The molecule has 0 aliphatic rings. The van der Waals surface area contributed by atoms with E-state index < -0.39 is 5.97 Å². The summed E-state index contributed by atoms with van der Waals surface area (Å²) < 4.78 is 0. The number of aryl methyl sites for hydroxylation is 2. The molecule has 0 heterocycles. The maximum atomic E-state index is 10.6. The Morgan fingerprint density at radius 1 is 1.16 bits per heavy atom. The van der Waals surface area contributed by atoms with E-state index in [1.165, 1.54) is 5.56 Å². The predicted molar refractivity (Wildman–Crippen MR) is 77.6 cm³/mol. The second-order valence-electron chi connectivity index (χ2n) is 4.55. The molecule has 0 saturated heterocycles. The Bertz CT molecular complexity index is 588. The summed E-state index contributed by atoms with van der Waals surface area (Å²) in [5.74, 6) is -0.770. The van der Waals surface area contributed by atoms with Gasteiger partial charge in [0.15, 0.2) is 0 Å². The Kier molecular flexibility index (Phi) is 4.23. The average molecular weight is 275 g/mol. The lowest BCUT2D eigenvalue weighted by Crippen LogP contribution is -1.98. The molecule has 0 aliphatic heterocycles. The molecule has 0 spiro atoms. The first-order valence-electron chi connectivity index (χ1n) is 6.13. The molecule has 2 aromatic rings. The van der Waals surface area contributed by atoms with Crippen LogP contribution in [0, 0.1) is 6.92 Å². The number of hydrogen-bond donors (Lipinski definition) is 1. The maximum Gasteiger partial charge on any atom is 0.303 e. The van der Waals surface area contributed by atoms with Crippen molar-refractivity contribution >= 4 is 17.6 Å². The standard InChI is InChI=1S/C16H15ClO2/c1-11-2-3-12(4-9-16(18)19)10-15(11)13-5-7-14(17)8-6-13/h2-3,5-8,10H,4,9H2,1H3,(H,18,19). The monoisotopic (exact) mass is 274 g/mol. The quantitative estimate of drug-likeness (QED) is 0.901. The molecule has 0 aromatic heterocycles. The van der Waals surface area contributed by atoms with E-state index in [0.717, 1.165) is 16.7 Å². The highest BCUT2D eigenvalue weighted by Gasteiger charge is 2.05. The van der Waals surface area contributed by atoms with Crippen molar-refractivity contribution in [3.63, 3.8) is 0 Å². The number of carboxylic acid groups (broad SMARTS) is 1. The molecule has 0 radical (unpaired) electrons. The zero-order valence-corrected chi connectivity index (χ0v) is 11.4. The van der Waals surface area contributed by atoms with E-state index in [-0.39, 0.29) is 6.42 Å². The summed E-state index contributed by atoms with van der Waals surface area (Å²) in [5, 5.41) is 9.44. The Morgan fingerprint density at radius 3 is 2.47 bits per heavy atom. The maximum absolute atomic E-state index is 10.6. The van der Waals surface area contributed by atoms with E-state index in [0.29, 0.717) is 11.4 Å². The minimum Gasteiger partial charge on any atom is -0.481 e. The number of aliphatic carboxylic acids is 1. The van der Waals surface area contributed by atoms with Crippen LogP contribution >= 0.6 is 11.6 Å². The Labute approximate surface area is 117 Å². The molecule has 1 N–H and O–H groups in total. The molecule has 0 fully saturated rings. The van der Waals surface area contributed by atoms with Gasteiger partial charge in [-0.15, -0.1) is 0 Å². The van der Waals surface area contributed by atoms with E-state index in [2.05, 4.69) is 6.07 Å². The predicted octanol–water partition coefficient (Wildman–Crippen LogP) is 4.33. The molecular weight excluding hydrogens is 260 g/mol. The third-order valence-electron chi connectivity index (χ3n) is 3.08. The van der Waals surface area contributed by atoms with Gasteiger partial charge in [-0.3, -0.25) is 4.79 Å². The molecule has 98 valence electrons. The van der Waals surface area contributed by atoms with Crippen molar-refractivity contribution in [1.29, 1.82) is 0 Å². The van der Waals surface area contributed by atoms with E-state index >= 15 is 0 Å². The molecule has 19 heavy (non-hydrogen) atoms. The first-order chi connectivity index (χ1) is 9.06. The first kappa shape index (κ1) is 13.6. The Balaban J connectivity index is 2.31. The lowest BCUT2D eigenvalue weighted by Gasteiger charge is -2.09. The van der Waals surface area contributed by atoms with Gasteiger partial charge in [0.25, 0.3) is 0 Å². The minimum absolute atomic E-state index is 0.156. The average Bonchev–Trinajstić information content (AvgIpc) is 2.39. The van der Waals surface area contributed by atoms with Gasteiger partial charge in [-0.2, -0.15) is 0 Å². The zero-order chi connectivity index (χ0) is 13.8. The fourth-order valence-corrected chi connectivity index (χ4v) is 2.14. The number of rotatable bonds is 4. The zero-order valence-electron chi connectivity index (χ0n) is 10.7. The van der Waals surface area contributed by atoms with Gasteiger partial charge in [0, 0.05) is 11.4 Å². The van der Waals surface area contributed by atoms with Gasteiger partial charge in [0.1, 0.15) is 0 Å². The van der Waals surface area contributed by atoms with Crippen LogP contribution in [0.15, 0.2) is 42.5 Å². The van der Waals surface area contributed by atoms with Crippen LogP contribution in [0.1, 0.15) is 17.5 Å².